The Hall–Kier alpha value is -3.24. The van der Waals surface area contributed by atoms with Gasteiger partial charge in [0.05, 0.1) is 12.6 Å². The maximum atomic E-state index is 14.4. The summed E-state index contributed by atoms with van der Waals surface area (Å²) in [5.41, 5.74) is 5.85. The summed E-state index contributed by atoms with van der Waals surface area (Å²) in [5, 5.41) is 12.3. The van der Waals surface area contributed by atoms with E-state index < -0.39 is 23.2 Å². The van der Waals surface area contributed by atoms with E-state index in [0.29, 0.717) is 10.7 Å². The molecule has 152 valence electrons. The number of H-pyrrole nitrogens is 1. The fourth-order valence-electron chi connectivity index (χ4n) is 2.40. The first kappa shape index (κ1) is 20.5. The van der Waals surface area contributed by atoms with Crippen LogP contribution in [0.2, 0.25) is 0 Å². The molecule has 0 aliphatic heterocycles. The van der Waals surface area contributed by atoms with Crippen LogP contribution in [0.3, 0.4) is 0 Å². The first-order valence-electron chi connectivity index (χ1n) is 8.54. The van der Waals surface area contributed by atoms with E-state index in [-0.39, 0.29) is 29.5 Å². The topological polar surface area (TPSA) is 113 Å². The molecule has 0 radical (unpaired) electrons. The number of aliphatic hydroxyl groups excluding tert-OH is 1. The molecule has 0 spiro atoms. The number of aliphatic hydroxyl groups is 1. The van der Waals surface area contributed by atoms with Crippen molar-refractivity contribution in [3.8, 4) is 11.5 Å². The van der Waals surface area contributed by atoms with E-state index in [1.807, 2.05) is 0 Å². The highest BCUT2D eigenvalue weighted by Crippen LogP contribution is 2.30. The third kappa shape index (κ3) is 4.79. The highest BCUT2D eigenvalue weighted by molar-refractivity contribution is 7.10. The molecule has 0 saturated carbocycles. The van der Waals surface area contributed by atoms with Gasteiger partial charge in [-0.05, 0) is 42.7 Å². The van der Waals surface area contributed by atoms with Crippen LogP contribution in [0.5, 0.6) is 11.5 Å². The Morgan fingerprint density at radius 1 is 1.28 bits per heavy atom. The van der Waals surface area contributed by atoms with Gasteiger partial charge in [0.15, 0.2) is 23.1 Å². The number of hydrogen-bond donors (Lipinski definition) is 4. The minimum atomic E-state index is -0.724. The van der Waals surface area contributed by atoms with Crippen molar-refractivity contribution in [1.82, 2.24) is 4.37 Å². The van der Waals surface area contributed by atoms with Crippen molar-refractivity contribution in [3.63, 3.8) is 0 Å². The van der Waals surface area contributed by atoms with Crippen LogP contribution in [0.25, 0.3) is 0 Å². The van der Waals surface area contributed by atoms with Gasteiger partial charge in [0.1, 0.15) is 16.4 Å². The number of para-hydroxylation sites is 1. The molecule has 10 heteroatoms. The number of halogens is 2. The monoisotopic (exact) mass is 420 g/mol. The molecule has 0 saturated heterocycles. The Labute approximate surface area is 168 Å². The quantitative estimate of drug-likeness (QED) is 0.346. The number of ether oxygens (including phenoxy) is 1. The number of nitrogens with one attached hydrogen (secondary N) is 2. The Kier molecular flexibility index (Phi) is 6.25. The highest BCUT2D eigenvalue weighted by Gasteiger charge is 2.17. The number of aliphatic imine (C=N–C) groups is 1. The lowest BCUT2D eigenvalue weighted by Crippen LogP contribution is -2.24. The van der Waals surface area contributed by atoms with Crippen LogP contribution in [0.1, 0.15) is 12.5 Å². The number of aromatic nitrogens is 1. The second-order valence-corrected chi connectivity index (χ2v) is 6.90. The lowest BCUT2D eigenvalue weighted by molar-refractivity contribution is 0.274. The Bertz CT molecular complexity index is 1100. The summed E-state index contributed by atoms with van der Waals surface area (Å²) >= 11 is 0.973. The van der Waals surface area contributed by atoms with E-state index in [1.165, 1.54) is 30.3 Å². The van der Waals surface area contributed by atoms with Gasteiger partial charge in [-0.15, -0.1) is 0 Å². The zero-order chi connectivity index (χ0) is 21.0. The lowest BCUT2D eigenvalue weighted by Gasteiger charge is -2.10. The van der Waals surface area contributed by atoms with Crippen molar-refractivity contribution in [2.45, 2.75) is 13.0 Å². The van der Waals surface area contributed by atoms with Crippen LogP contribution < -0.4 is 21.3 Å². The summed E-state index contributed by atoms with van der Waals surface area (Å²) in [6.07, 6.45) is 0. The molecule has 29 heavy (non-hydrogen) atoms. The summed E-state index contributed by atoms with van der Waals surface area (Å²) in [5.74, 6) is -1.63. The molecular formula is C19H18F2N4O3S. The third-order valence-corrected chi connectivity index (χ3v) is 4.62. The van der Waals surface area contributed by atoms with Gasteiger partial charge in [-0.1, -0.05) is 12.1 Å². The second-order valence-electron chi connectivity index (χ2n) is 6.09. The predicted octanol–water partition coefficient (Wildman–Crippen LogP) is 3.34. The van der Waals surface area contributed by atoms with Gasteiger partial charge in [-0.25, -0.2) is 8.78 Å². The molecule has 2 aromatic carbocycles. The number of hydrogen-bond acceptors (Lipinski definition) is 6. The summed E-state index contributed by atoms with van der Waals surface area (Å²) in [6, 6.07) is 9.19. The number of aromatic amines is 1. The first-order chi connectivity index (χ1) is 13.9. The number of rotatable bonds is 7. The maximum Gasteiger partial charge on any atom is 0.271 e. The molecule has 0 aliphatic rings. The van der Waals surface area contributed by atoms with E-state index in [1.54, 1.807) is 13.0 Å². The largest absolute Gasteiger partial charge is 0.451 e. The summed E-state index contributed by atoms with van der Waals surface area (Å²) in [7, 11) is 0. The van der Waals surface area contributed by atoms with Crippen LogP contribution in [0.15, 0.2) is 52.3 Å². The number of nitrogens with zero attached hydrogens (tertiary/aromatic N) is 1. The van der Waals surface area contributed by atoms with Gasteiger partial charge in [0.2, 0.25) is 0 Å². The van der Waals surface area contributed by atoms with Gasteiger partial charge < -0.3 is 20.9 Å². The number of benzene rings is 2. The minimum Gasteiger partial charge on any atom is -0.451 e. The van der Waals surface area contributed by atoms with Crippen LogP contribution in [-0.2, 0) is 0 Å². The molecule has 0 aliphatic carbocycles. The van der Waals surface area contributed by atoms with Gasteiger partial charge in [-0.3, -0.25) is 14.2 Å². The van der Waals surface area contributed by atoms with Crippen LogP contribution in [-0.4, -0.2) is 28.0 Å². The summed E-state index contributed by atoms with van der Waals surface area (Å²) in [6.45, 7) is 1.42. The van der Waals surface area contributed by atoms with Crippen molar-refractivity contribution in [2.24, 2.45) is 10.7 Å². The van der Waals surface area contributed by atoms with Crippen LogP contribution >= 0.6 is 11.5 Å². The van der Waals surface area contributed by atoms with Crippen molar-refractivity contribution in [3.05, 3.63) is 70.0 Å². The molecule has 0 fully saturated rings. The molecule has 0 amide bonds. The zero-order valence-corrected chi connectivity index (χ0v) is 16.1. The van der Waals surface area contributed by atoms with Crippen molar-refractivity contribution >= 4 is 28.1 Å². The van der Waals surface area contributed by atoms with Crippen LogP contribution in [0, 0.1) is 11.6 Å². The van der Waals surface area contributed by atoms with E-state index in [4.69, 9.17) is 15.6 Å². The first-order valence-corrected chi connectivity index (χ1v) is 9.35. The predicted molar refractivity (Wildman–Crippen MR) is 108 cm³/mol. The number of anilines is 2. The van der Waals surface area contributed by atoms with Gasteiger partial charge >= 0.3 is 0 Å². The van der Waals surface area contributed by atoms with Crippen molar-refractivity contribution in [1.29, 1.82) is 0 Å². The molecule has 0 bridgehead atoms. The highest BCUT2D eigenvalue weighted by atomic mass is 32.1. The maximum absolute atomic E-state index is 14.4. The molecule has 1 aromatic heterocycles. The van der Waals surface area contributed by atoms with Crippen molar-refractivity contribution in [2.75, 3.05) is 11.9 Å². The molecular weight excluding hydrogens is 402 g/mol. The normalized spacial score (nSPS) is 12.6. The third-order valence-electron chi connectivity index (χ3n) is 3.83. The average Bonchev–Trinajstić information content (AvgIpc) is 3.05. The molecule has 5 N–H and O–H groups in total. The van der Waals surface area contributed by atoms with E-state index in [9.17, 15) is 13.6 Å². The molecule has 1 atom stereocenters. The lowest BCUT2D eigenvalue weighted by atomic mass is 10.2. The van der Waals surface area contributed by atoms with Gasteiger partial charge in [0.25, 0.3) is 5.56 Å². The minimum absolute atomic E-state index is 0.0449. The zero-order valence-electron chi connectivity index (χ0n) is 15.3. The van der Waals surface area contributed by atoms with E-state index in [0.717, 1.165) is 17.6 Å². The number of nitrogens with two attached hydrogens (primary N) is 1. The van der Waals surface area contributed by atoms with Gasteiger partial charge in [-0.2, -0.15) is 0 Å². The molecule has 7 nitrogen and oxygen atoms in total. The van der Waals surface area contributed by atoms with Crippen molar-refractivity contribution < 1.29 is 18.6 Å². The SMILES string of the molecule is CC(CO)N=C(N)c1c(Nc2ccc(Oc3ccccc3F)c(F)c2)s[nH]c1=O. The van der Waals surface area contributed by atoms with Gasteiger partial charge in [0, 0.05) is 11.8 Å². The average molecular weight is 420 g/mol. The van der Waals surface area contributed by atoms with E-state index >= 15 is 0 Å². The number of amidine groups is 1. The van der Waals surface area contributed by atoms with Crippen LogP contribution in [0.4, 0.5) is 19.5 Å². The van der Waals surface area contributed by atoms with E-state index in [2.05, 4.69) is 14.7 Å². The Morgan fingerprint density at radius 2 is 2.00 bits per heavy atom. The summed E-state index contributed by atoms with van der Waals surface area (Å²) in [4.78, 5) is 16.1. The molecule has 3 aromatic rings. The second kappa shape index (κ2) is 8.84. The smallest absolute Gasteiger partial charge is 0.271 e. The Balaban J connectivity index is 1.84. The fourth-order valence-corrected chi connectivity index (χ4v) is 3.17. The molecule has 1 heterocycles. The molecule has 3 rings (SSSR count). The molecule has 1 unspecified atom stereocenters. The fraction of sp³-hybridized carbons (Fsp3) is 0.158. The standard InChI is InChI=1S/C19H18F2N4O3S/c1-10(9-26)23-17(22)16-18(27)25-29-19(16)24-11-6-7-15(13(21)8-11)28-14-5-3-2-4-12(14)20/h2-8,10,24,26H,9H2,1H3,(H2,22,23)(H,25,27). The summed E-state index contributed by atoms with van der Waals surface area (Å²) < 4.78 is 35.9. The Morgan fingerprint density at radius 3 is 2.69 bits per heavy atom.